The second-order valence-corrected chi connectivity index (χ2v) is 8.45. The summed E-state index contributed by atoms with van der Waals surface area (Å²) in [6, 6.07) is 5.82. The number of hydrogen-bond acceptors (Lipinski definition) is 4. The van der Waals surface area contributed by atoms with Crippen LogP contribution >= 0.6 is 0 Å². The van der Waals surface area contributed by atoms with Gasteiger partial charge in [-0.1, -0.05) is 0 Å². The Morgan fingerprint density at radius 3 is 2.38 bits per heavy atom. The van der Waals surface area contributed by atoms with Crippen LogP contribution in [-0.2, 0) is 14.8 Å². The van der Waals surface area contributed by atoms with Crippen LogP contribution in [-0.4, -0.2) is 50.5 Å². The van der Waals surface area contributed by atoms with Gasteiger partial charge in [-0.05, 0) is 57.9 Å². The highest BCUT2D eigenvalue weighted by atomic mass is 32.2. The van der Waals surface area contributed by atoms with Gasteiger partial charge in [0.2, 0.25) is 10.0 Å². The number of sulfonamides is 1. The smallest absolute Gasteiger partial charge is 0.251 e. The topological polar surface area (TPSA) is 75.7 Å². The molecule has 1 aliphatic rings. The molecule has 6 nitrogen and oxygen atoms in total. The Balaban J connectivity index is 2.07. The summed E-state index contributed by atoms with van der Waals surface area (Å²) >= 11 is 0. The zero-order chi connectivity index (χ0) is 17.9. The van der Waals surface area contributed by atoms with E-state index in [1.165, 1.54) is 16.4 Å². The molecular formula is C17H26N2O4S. The molecule has 2 rings (SSSR count). The molecule has 1 heterocycles. The fourth-order valence-electron chi connectivity index (χ4n) is 2.60. The maximum absolute atomic E-state index is 12.4. The molecule has 0 saturated carbocycles. The number of amides is 1. The summed E-state index contributed by atoms with van der Waals surface area (Å²) in [5.41, 5.74) is 0.436. The Morgan fingerprint density at radius 2 is 1.88 bits per heavy atom. The van der Waals surface area contributed by atoms with Gasteiger partial charge in [0, 0.05) is 25.3 Å². The van der Waals surface area contributed by atoms with Gasteiger partial charge in [-0.15, -0.1) is 0 Å². The molecule has 0 spiro atoms. The number of benzene rings is 1. The third-order valence-electron chi connectivity index (χ3n) is 4.40. The Hall–Kier alpha value is -1.44. The standard InChI is InChI=1S/C17H26N2O4S/c1-12(2)19(4)24(21,22)15-9-7-14(8-10-15)17(20)18-13(3)16-6-5-11-23-16/h7-10,12-13,16H,5-6,11H2,1-4H3,(H,18,20). The summed E-state index contributed by atoms with van der Waals surface area (Å²) in [4.78, 5) is 12.5. The van der Waals surface area contributed by atoms with Gasteiger partial charge in [0.25, 0.3) is 5.91 Å². The quantitative estimate of drug-likeness (QED) is 0.848. The highest BCUT2D eigenvalue weighted by Crippen LogP contribution is 2.18. The minimum Gasteiger partial charge on any atom is -0.376 e. The Morgan fingerprint density at radius 1 is 1.25 bits per heavy atom. The zero-order valence-corrected chi connectivity index (χ0v) is 15.5. The molecule has 134 valence electrons. The maximum Gasteiger partial charge on any atom is 0.251 e. The Bertz CT molecular complexity index is 664. The first-order valence-corrected chi connectivity index (χ1v) is 9.68. The monoisotopic (exact) mass is 354 g/mol. The summed E-state index contributed by atoms with van der Waals surface area (Å²) in [5.74, 6) is -0.223. The van der Waals surface area contributed by atoms with E-state index in [4.69, 9.17) is 4.74 Å². The SMILES string of the molecule is CC(NC(=O)c1ccc(S(=O)(=O)N(C)C(C)C)cc1)C1CCCO1. The molecule has 1 saturated heterocycles. The molecule has 2 atom stereocenters. The highest BCUT2D eigenvalue weighted by molar-refractivity contribution is 7.89. The molecule has 0 aliphatic carbocycles. The predicted octanol–water partition coefficient (Wildman–Crippen LogP) is 2.01. The van der Waals surface area contributed by atoms with E-state index in [0.29, 0.717) is 5.56 Å². The van der Waals surface area contributed by atoms with Crippen LogP contribution in [0.25, 0.3) is 0 Å². The van der Waals surface area contributed by atoms with E-state index < -0.39 is 10.0 Å². The van der Waals surface area contributed by atoms with Gasteiger partial charge >= 0.3 is 0 Å². The molecule has 1 aliphatic heterocycles. The van der Waals surface area contributed by atoms with Crippen LogP contribution in [0.1, 0.15) is 44.0 Å². The van der Waals surface area contributed by atoms with Gasteiger partial charge in [-0.25, -0.2) is 8.42 Å². The normalized spacial score (nSPS) is 19.7. The minimum absolute atomic E-state index is 0.0493. The number of nitrogens with zero attached hydrogens (tertiary/aromatic N) is 1. The summed E-state index contributed by atoms with van der Waals surface area (Å²) in [7, 11) is -1.99. The molecule has 0 radical (unpaired) electrons. The largest absolute Gasteiger partial charge is 0.376 e. The molecule has 1 N–H and O–H groups in total. The van der Waals surface area contributed by atoms with E-state index >= 15 is 0 Å². The van der Waals surface area contributed by atoms with Crippen LogP contribution in [0.2, 0.25) is 0 Å². The molecule has 0 aromatic heterocycles. The highest BCUT2D eigenvalue weighted by Gasteiger charge is 2.25. The number of carbonyl (C=O) groups is 1. The van der Waals surface area contributed by atoms with Crippen LogP contribution in [0.15, 0.2) is 29.2 Å². The summed E-state index contributed by atoms with van der Waals surface area (Å²) < 4.78 is 31.7. The lowest BCUT2D eigenvalue weighted by molar-refractivity contribution is 0.0712. The lowest BCUT2D eigenvalue weighted by Crippen LogP contribution is -2.40. The minimum atomic E-state index is -3.54. The van der Waals surface area contributed by atoms with Gasteiger partial charge in [-0.3, -0.25) is 4.79 Å². The van der Waals surface area contributed by atoms with E-state index in [1.807, 2.05) is 20.8 Å². The Labute approximate surface area is 144 Å². The van der Waals surface area contributed by atoms with Gasteiger partial charge in [-0.2, -0.15) is 4.31 Å². The van der Waals surface area contributed by atoms with E-state index in [2.05, 4.69) is 5.32 Å². The van der Waals surface area contributed by atoms with Crippen molar-refractivity contribution in [3.63, 3.8) is 0 Å². The van der Waals surface area contributed by atoms with Gasteiger partial charge < -0.3 is 10.1 Å². The first kappa shape index (κ1) is 18.9. The summed E-state index contributed by atoms with van der Waals surface area (Å²) in [6.45, 7) is 6.28. The van der Waals surface area contributed by atoms with Crippen molar-refractivity contribution in [2.45, 2.75) is 56.7 Å². The molecule has 1 aromatic rings. The van der Waals surface area contributed by atoms with E-state index in [1.54, 1.807) is 19.2 Å². The number of nitrogens with one attached hydrogen (secondary N) is 1. The van der Waals surface area contributed by atoms with Crippen LogP contribution in [0.3, 0.4) is 0 Å². The van der Waals surface area contributed by atoms with E-state index in [-0.39, 0.29) is 29.0 Å². The van der Waals surface area contributed by atoms with Gasteiger partial charge in [0.05, 0.1) is 17.0 Å². The molecule has 0 bridgehead atoms. The van der Waals surface area contributed by atoms with Gasteiger partial charge in [0.1, 0.15) is 0 Å². The molecular weight excluding hydrogens is 328 g/mol. The second kappa shape index (κ2) is 7.63. The number of carbonyl (C=O) groups excluding carboxylic acids is 1. The first-order valence-electron chi connectivity index (χ1n) is 8.24. The number of hydrogen-bond donors (Lipinski definition) is 1. The van der Waals surface area contributed by atoms with Crippen molar-refractivity contribution in [1.82, 2.24) is 9.62 Å². The van der Waals surface area contributed by atoms with Gasteiger partial charge in [0.15, 0.2) is 0 Å². The number of ether oxygens (including phenoxy) is 1. The molecule has 1 amide bonds. The van der Waals surface area contributed by atoms with Crippen molar-refractivity contribution in [3.8, 4) is 0 Å². The van der Waals surface area contributed by atoms with Crippen molar-refractivity contribution in [1.29, 1.82) is 0 Å². The Kier molecular flexibility index (Phi) is 6.01. The number of rotatable bonds is 6. The average molecular weight is 354 g/mol. The fraction of sp³-hybridized carbons (Fsp3) is 0.588. The van der Waals surface area contributed by atoms with Crippen molar-refractivity contribution >= 4 is 15.9 Å². The predicted molar refractivity (Wildman–Crippen MR) is 92.4 cm³/mol. The van der Waals surface area contributed by atoms with Crippen molar-refractivity contribution < 1.29 is 17.9 Å². The second-order valence-electron chi connectivity index (χ2n) is 6.45. The average Bonchev–Trinajstić information content (AvgIpc) is 3.08. The summed E-state index contributed by atoms with van der Waals surface area (Å²) in [6.07, 6.45) is 2.01. The molecule has 24 heavy (non-hydrogen) atoms. The molecule has 2 unspecified atom stereocenters. The zero-order valence-electron chi connectivity index (χ0n) is 14.7. The van der Waals surface area contributed by atoms with Crippen LogP contribution < -0.4 is 5.32 Å². The van der Waals surface area contributed by atoms with Crippen molar-refractivity contribution in [2.24, 2.45) is 0 Å². The third kappa shape index (κ3) is 4.15. The molecule has 7 heteroatoms. The van der Waals surface area contributed by atoms with Crippen molar-refractivity contribution in [2.75, 3.05) is 13.7 Å². The molecule has 1 aromatic carbocycles. The van der Waals surface area contributed by atoms with Crippen LogP contribution in [0, 0.1) is 0 Å². The summed E-state index contributed by atoms with van der Waals surface area (Å²) in [5, 5.41) is 2.91. The van der Waals surface area contributed by atoms with E-state index in [9.17, 15) is 13.2 Å². The van der Waals surface area contributed by atoms with E-state index in [0.717, 1.165) is 19.4 Å². The van der Waals surface area contributed by atoms with Crippen molar-refractivity contribution in [3.05, 3.63) is 29.8 Å². The maximum atomic E-state index is 12.4. The van der Waals surface area contributed by atoms with Crippen LogP contribution in [0.4, 0.5) is 0 Å². The first-order chi connectivity index (χ1) is 11.2. The van der Waals surface area contributed by atoms with Crippen LogP contribution in [0.5, 0.6) is 0 Å². The molecule has 1 fully saturated rings. The lowest BCUT2D eigenvalue weighted by Gasteiger charge is -2.21. The third-order valence-corrected chi connectivity index (χ3v) is 6.45. The lowest BCUT2D eigenvalue weighted by atomic mass is 10.1. The fourth-order valence-corrected chi connectivity index (χ4v) is 3.97.